The molecule has 19 heteroatoms. The van der Waals surface area contributed by atoms with Crippen molar-refractivity contribution in [2.45, 2.75) is 374 Å². The lowest BCUT2D eigenvalue weighted by atomic mass is 10.0. The van der Waals surface area contributed by atoms with Gasteiger partial charge >= 0.3 is 39.5 Å². The fourth-order valence-electron chi connectivity index (χ4n) is 10.6. The average Bonchev–Trinajstić information content (AvgIpc) is 3.54. The van der Waals surface area contributed by atoms with E-state index in [4.69, 9.17) is 37.0 Å². The van der Waals surface area contributed by atoms with Crippen LogP contribution in [0.1, 0.15) is 356 Å². The van der Waals surface area contributed by atoms with Crippen LogP contribution >= 0.6 is 15.6 Å². The molecule has 0 heterocycles. The topological polar surface area (TPSA) is 237 Å². The van der Waals surface area contributed by atoms with E-state index in [0.29, 0.717) is 25.7 Å². The van der Waals surface area contributed by atoms with Crippen molar-refractivity contribution in [3.05, 3.63) is 0 Å². The SMILES string of the molecule is CCCCCCCCCCCCCCCCCCCC(=O)O[C@H](COC(=O)CCCCCCCCCCCCCCC(C)C)COP(=O)(O)OC[C@@H](O)COP(=O)(O)OC[C@@H](COC(=O)CCCCCCC)OC(=O)CCCCCCCCCCCC(C)C. The Balaban J connectivity index is 5.16. The van der Waals surface area contributed by atoms with Gasteiger partial charge in [0.1, 0.15) is 19.3 Å². The van der Waals surface area contributed by atoms with E-state index in [1.54, 1.807) is 0 Å². The van der Waals surface area contributed by atoms with Crippen LogP contribution in [0, 0.1) is 11.8 Å². The first-order valence-electron chi connectivity index (χ1n) is 36.5. The molecule has 528 valence electrons. The van der Waals surface area contributed by atoms with Crippen molar-refractivity contribution in [3.8, 4) is 0 Å². The number of aliphatic hydroxyl groups excluding tert-OH is 1. The number of phosphoric ester groups is 2. The lowest BCUT2D eigenvalue weighted by Crippen LogP contribution is -2.30. The number of aliphatic hydroxyl groups is 1. The first-order chi connectivity index (χ1) is 42.9. The second-order valence-corrected chi connectivity index (χ2v) is 29.1. The van der Waals surface area contributed by atoms with E-state index >= 15 is 0 Å². The summed E-state index contributed by atoms with van der Waals surface area (Å²) in [6.07, 6.45) is 47.6. The Hall–Kier alpha value is -1.94. The zero-order valence-corrected chi connectivity index (χ0v) is 59.5. The Kier molecular flexibility index (Phi) is 60.8. The molecule has 0 fully saturated rings. The monoisotopic (exact) mass is 1310 g/mol. The Morgan fingerprint density at radius 3 is 0.764 bits per heavy atom. The standard InChI is InChI=1S/C70H136O17P2/c1-7-9-11-13-14-15-16-17-18-19-20-21-26-31-36-42-48-54-69(74)87-66(59-81-68(73)53-47-41-35-30-25-23-22-24-28-33-39-44-50-62(3)4)61-85-89(78,79)83-57-64(71)56-82-88(76,77)84-60-65(58-80-67(72)52-46-38-12-10-8-2)86-70(75)55-49-43-37-32-27-29-34-40-45-51-63(5)6/h62-66,71H,7-61H2,1-6H3,(H,76,77)(H,78,79)/t64-,65+,66+/m0/s1. The van der Waals surface area contributed by atoms with Crippen molar-refractivity contribution in [1.29, 1.82) is 0 Å². The molecule has 0 aromatic carbocycles. The number of unbranched alkanes of at least 4 members (excludes halogenated alkanes) is 39. The van der Waals surface area contributed by atoms with Gasteiger partial charge in [0.25, 0.3) is 0 Å². The van der Waals surface area contributed by atoms with E-state index in [0.717, 1.165) is 108 Å². The minimum Gasteiger partial charge on any atom is -0.462 e. The molecule has 0 aliphatic rings. The Morgan fingerprint density at radius 2 is 0.517 bits per heavy atom. The van der Waals surface area contributed by atoms with E-state index in [9.17, 15) is 43.2 Å². The molecule has 0 saturated heterocycles. The number of carbonyl (C=O) groups is 4. The van der Waals surface area contributed by atoms with E-state index < -0.39 is 97.5 Å². The number of carbonyl (C=O) groups excluding carboxylic acids is 4. The summed E-state index contributed by atoms with van der Waals surface area (Å²) in [6, 6.07) is 0. The summed E-state index contributed by atoms with van der Waals surface area (Å²) in [7, 11) is -9.89. The van der Waals surface area contributed by atoms with Crippen LogP contribution in [0.15, 0.2) is 0 Å². The summed E-state index contributed by atoms with van der Waals surface area (Å²) < 4.78 is 68.1. The van der Waals surface area contributed by atoms with Gasteiger partial charge in [-0.3, -0.25) is 37.3 Å². The van der Waals surface area contributed by atoms with Gasteiger partial charge in [0.15, 0.2) is 12.2 Å². The second kappa shape index (κ2) is 62.2. The molecule has 89 heavy (non-hydrogen) atoms. The molecule has 0 spiro atoms. The summed E-state index contributed by atoms with van der Waals surface area (Å²) >= 11 is 0. The van der Waals surface area contributed by atoms with Crippen molar-refractivity contribution in [2.24, 2.45) is 11.8 Å². The van der Waals surface area contributed by atoms with Gasteiger partial charge in [-0.15, -0.1) is 0 Å². The Morgan fingerprint density at radius 1 is 0.303 bits per heavy atom. The van der Waals surface area contributed by atoms with Gasteiger partial charge in [-0.05, 0) is 37.5 Å². The maximum atomic E-state index is 13.0. The fourth-order valence-corrected chi connectivity index (χ4v) is 12.2. The molecule has 0 aromatic rings. The summed E-state index contributed by atoms with van der Waals surface area (Å²) in [5.74, 6) is -0.616. The minimum absolute atomic E-state index is 0.104. The number of esters is 4. The van der Waals surface area contributed by atoms with Crippen LogP contribution in [0.4, 0.5) is 0 Å². The normalized spacial score (nSPS) is 14.1. The molecule has 3 N–H and O–H groups in total. The van der Waals surface area contributed by atoms with Crippen LogP contribution in [-0.4, -0.2) is 96.7 Å². The van der Waals surface area contributed by atoms with Crippen molar-refractivity contribution in [1.82, 2.24) is 0 Å². The van der Waals surface area contributed by atoms with E-state index in [1.165, 1.54) is 167 Å². The van der Waals surface area contributed by atoms with Gasteiger partial charge in [0.2, 0.25) is 0 Å². The Bertz CT molecular complexity index is 1730. The van der Waals surface area contributed by atoms with Crippen molar-refractivity contribution >= 4 is 39.5 Å². The number of ether oxygens (including phenoxy) is 4. The zero-order chi connectivity index (χ0) is 65.7. The summed E-state index contributed by atoms with van der Waals surface area (Å²) in [5.41, 5.74) is 0. The molecule has 0 aliphatic carbocycles. The largest absolute Gasteiger partial charge is 0.472 e. The predicted molar refractivity (Wildman–Crippen MR) is 358 cm³/mol. The summed E-state index contributed by atoms with van der Waals surface area (Å²) in [4.78, 5) is 72.3. The molecule has 0 rings (SSSR count). The lowest BCUT2D eigenvalue weighted by Gasteiger charge is -2.21. The third-order valence-corrected chi connectivity index (χ3v) is 18.1. The quantitative estimate of drug-likeness (QED) is 0.0222. The van der Waals surface area contributed by atoms with Crippen LogP contribution in [0.5, 0.6) is 0 Å². The highest BCUT2D eigenvalue weighted by Crippen LogP contribution is 2.45. The van der Waals surface area contributed by atoms with Crippen molar-refractivity contribution in [3.63, 3.8) is 0 Å². The van der Waals surface area contributed by atoms with Gasteiger partial charge in [-0.2, -0.15) is 0 Å². The van der Waals surface area contributed by atoms with Gasteiger partial charge in [-0.1, -0.05) is 305 Å². The molecule has 2 unspecified atom stereocenters. The molecule has 0 saturated carbocycles. The molecular formula is C70H136O17P2. The maximum absolute atomic E-state index is 13.0. The molecule has 0 radical (unpaired) electrons. The first kappa shape index (κ1) is 87.1. The molecule has 0 bridgehead atoms. The lowest BCUT2D eigenvalue weighted by molar-refractivity contribution is -0.161. The van der Waals surface area contributed by atoms with Gasteiger partial charge in [0, 0.05) is 25.7 Å². The minimum atomic E-state index is -4.95. The molecule has 0 aliphatic heterocycles. The highest BCUT2D eigenvalue weighted by atomic mass is 31.2. The zero-order valence-electron chi connectivity index (χ0n) is 57.7. The van der Waals surface area contributed by atoms with E-state index in [1.807, 2.05) is 0 Å². The Labute approximate surface area is 543 Å². The van der Waals surface area contributed by atoms with Crippen LogP contribution < -0.4 is 0 Å². The summed E-state index contributed by atoms with van der Waals surface area (Å²) in [6.45, 7) is 9.45. The highest BCUT2D eigenvalue weighted by Gasteiger charge is 2.30. The van der Waals surface area contributed by atoms with E-state index in [2.05, 4.69) is 41.5 Å². The maximum Gasteiger partial charge on any atom is 0.472 e. The van der Waals surface area contributed by atoms with E-state index in [-0.39, 0.29) is 25.7 Å². The highest BCUT2D eigenvalue weighted by molar-refractivity contribution is 7.47. The second-order valence-electron chi connectivity index (χ2n) is 26.2. The van der Waals surface area contributed by atoms with Gasteiger partial charge < -0.3 is 33.8 Å². The number of rotatable bonds is 69. The van der Waals surface area contributed by atoms with Gasteiger partial charge in [-0.25, -0.2) is 9.13 Å². The summed E-state index contributed by atoms with van der Waals surface area (Å²) in [5, 5.41) is 10.6. The average molecular weight is 1310 g/mol. The third kappa shape index (κ3) is 64.6. The van der Waals surface area contributed by atoms with Crippen LogP contribution in [0.2, 0.25) is 0 Å². The molecule has 0 amide bonds. The van der Waals surface area contributed by atoms with Crippen molar-refractivity contribution in [2.75, 3.05) is 39.6 Å². The smallest absolute Gasteiger partial charge is 0.462 e. The number of hydrogen-bond donors (Lipinski definition) is 3. The van der Waals surface area contributed by atoms with Crippen LogP contribution in [0.3, 0.4) is 0 Å². The molecule has 17 nitrogen and oxygen atoms in total. The predicted octanol–water partition coefficient (Wildman–Crippen LogP) is 20.0. The van der Waals surface area contributed by atoms with Crippen LogP contribution in [0.25, 0.3) is 0 Å². The third-order valence-electron chi connectivity index (χ3n) is 16.2. The number of hydrogen-bond acceptors (Lipinski definition) is 15. The van der Waals surface area contributed by atoms with Crippen molar-refractivity contribution < 1.29 is 80.2 Å². The first-order valence-corrected chi connectivity index (χ1v) is 39.5. The molecule has 0 aromatic heterocycles. The molecular weight excluding hydrogens is 1170 g/mol. The fraction of sp³-hybridized carbons (Fsp3) is 0.943. The number of phosphoric acid groups is 2. The van der Waals surface area contributed by atoms with Gasteiger partial charge in [0.05, 0.1) is 26.4 Å². The molecule has 5 atom stereocenters. The van der Waals surface area contributed by atoms with Crippen LogP contribution in [-0.2, 0) is 65.4 Å².